The van der Waals surface area contributed by atoms with E-state index in [0.29, 0.717) is 12.8 Å². The average molecular weight is 278 g/mol. The van der Waals surface area contributed by atoms with E-state index < -0.39 is 11.4 Å². The fourth-order valence-corrected chi connectivity index (χ4v) is 3.01. The highest BCUT2D eigenvalue weighted by molar-refractivity contribution is 5.89. The molecule has 0 radical (unpaired) electrons. The first-order chi connectivity index (χ1) is 9.44. The second-order valence-corrected chi connectivity index (χ2v) is 5.81. The van der Waals surface area contributed by atoms with Crippen molar-refractivity contribution in [2.24, 2.45) is 5.41 Å². The maximum absolute atomic E-state index is 12.2. The Bertz CT molecular complexity index is 494. The number of nitrogens with zero attached hydrogens (tertiary/aromatic N) is 1. The summed E-state index contributed by atoms with van der Waals surface area (Å²) in [4.78, 5) is 23.8. The number of carboxylic acids is 1. The number of carboxylic acid groups (broad SMARTS) is 1. The van der Waals surface area contributed by atoms with Crippen molar-refractivity contribution in [3.05, 3.63) is 23.5 Å². The Balaban J connectivity index is 2.08. The van der Waals surface area contributed by atoms with Gasteiger partial charge in [0, 0.05) is 17.8 Å². The zero-order valence-corrected chi connectivity index (χ0v) is 12.1. The van der Waals surface area contributed by atoms with Gasteiger partial charge in [0.15, 0.2) is 0 Å². The van der Waals surface area contributed by atoms with Crippen molar-refractivity contribution in [2.45, 2.75) is 52.4 Å². The highest BCUT2D eigenvalue weighted by Gasteiger charge is 2.41. The van der Waals surface area contributed by atoms with Crippen LogP contribution in [-0.4, -0.2) is 21.7 Å². The number of aromatic nitrogens is 1. The third-order valence-corrected chi connectivity index (χ3v) is 4.27. The summed E-state index contributed by atoms with van der Waals surface area (Å²) in [5, 5.41) is 9.49. The van der Waals surface area contributed by atoms with E-state index in [0.717, 1.165) is 30.7 Å². The molecule has 1 aliphatic carbocycles. The summed E-state index contributed by atoms with van der Waals surface area (Å²) in [5.41, 5.74) is 3.79. The average Bonchev–Trinajstić information content (AvgIpc) is 2.71. The number of aryl methyl sites for hydroxylation is 2. The predicted molar refractivity (Wildman–Crippen MR) is 76.0 cm³/mol. The largest absolute Gasteiger partial charge is 0.481 e. The summed E-state index contributed by atoms with van der Waals surface area (Å²) in [6.07, 6.45) is 4.09. The van der Waals surface area contributed by atoms with Crippen LogP contribution in [0.5, 0.6) is 0 Å². The normalized spacial score (nSPS) is 17.7. The van der Waals surface area contributed by atoms with Gasteiger partial charge in [0.1, 0.15) is 0 Å². The van der Waals surface area contributed by atoms with E-state index in [9.17, 15) is 14.7 Å². The summed E-state index contributed by atoms with van der Waals surface area (Å²) in [6.45, 7) is 3.81. The standard InChI is InChI=1S/C15H22N2O3/c1-11-6-7-12(2)17(11)16-13(18)10-15(14(19)20)8-4-3-5-9-15/h6-7H,3-5,8-10H2,1-2H3,(H,16,18)(H,19,20). The third-order valence-electron chi connectivity index (χ3n) is 4.27. The molecule has 5 nitrogen and oxygen atoms in total. The van der Waals surface area contributed by atoms with Crippen LogP contribution < -0.4 is 5.43 Å². The first-order valence-corrected chi connectivity index (χ1v) is 7.13. The molecule has 1 aliphatic rings. The number of nitrogens with one attached hydrogen (secondary N) is 1. The van der Waals surface area contributed by atoms with E-state index in [1.807, 2.05) is 26.0 Å². The predicted octanol–water partition coefficient (Wildman–Crippen LogP) is 2.60. The molecule has 0 saturated heterocycles. The lowest BCUT2D eigenvalue weighted by Crippen LogP contribution is -2.38. The molecule has 1 fully saturated rings. The molecule has 0 unspecified atom stereocenters. The van der Waals surface area contributed by atoms with Gasteiger partial charge in [0.25, 0.3) is 0 Å². The third kappa shape index (κ3) is 2.86. The first-order valence-electron chi connectivity index (χ1n) is 7.13. The smallest absolute Gasteiger partial charge is 0.310 e. The number of rotatable bonds is 4. The zero-order chi connectivity index (χ0) is 14.8. The summed E-state index contributed by atoms with van der Waals surface area (Å²) in [6, 6.07) is 3.84. The van der Waals surface area contributed by atoms with Crippen molar-refractivity contribution in [3.63, 3.8) is 0 Å². The van der Waals surface area contributed by atoms with E-state index in [2.05, 4.69) is 5.43 Å². The van der Waals surface area contributed by atoms with E-state index in [4.69, 9.17) is 0 Å². The Morgan fingerprint density at radius 2 is 1.75 bits per heavy atom. The highest BCUT2D eigenvalue weighted by Crippen LogP contribution is 2.39. The molecule has 0 aliphatic heterocycles. The van der Waals surface area contributed by atoms with Crippen molar-refractivity contribution in [1.29, 1.82) is 0 Å². The quantitative estimate of drug-likeness (QED) is 0.889. The molecule has 0 atom stereocenters. The summed E-state index contributed by atoms with van der Waals surface area (Å²) < 4.78 is 1.71. The van der Waals surface area contributed by atoms with Crippen molar-refractivity contribution < 1.29 is 14.7 Å². The number of hydrogen-bond donors (Lipinski definition) is 2. The Morgan fingerprint density at radius 3 is 2.25 bits per heavy atom. The maximum atomic E-state index is 12.2. The molecule has 110 valence electrons. The van der Waals surface area contributed by atoms with Gasteiger partial charge in [-0.15, -0.1) is 0 Å². The van der Waals surface area contributed by atoms with Crippen molar-refractivity contribution in [2.75, 3.05) is 5.43 Å². The summed E-state index contributed by atoms with van der Waals surface area (Å²) in [7, 11) is 0. The van der Waals surface area contributed by atoms with Crippen molar-refractivity contribution in [3.8, 4) is 0 Å². The van der Waals surface area contributed by atoms with Crippen LogP contribution in [0.15, 0.2) is 12.1 Å². The minimum Gasteiger partial charge on any atom is -0.481 e. The lowest BCUT2D eigenvalue weighted by molar-refractivity contribution is -0.153. The van der Waals surface area contributed by atoms with Gasteiger partial charge in [-0.3, -0.25) is 19.7 Å². The maximum Gasteiger partial charge on any atom is 0.310 e. The van der Waals surface area contributed by atoms with E-state index in [-0.39, 0.29) is 12.3 Å². The second-order valence-electron chi connectivity index (χ2n) is 5.81. The molecule has 0 bridgehead atoms. The lowest BCUT2D eigenvalue weighted by Gasteiger charge is -2.32. The monoisotopic (exact) mass is 278 g/mol. The lowest BCUT2D eigenvalue weighted by atomic mass is 9.72. The fraction of sp³-hybridized carbons (Fsp3) is 0.600. The first kappa shape index (κ1) is 14.6. The van der Waals surface area contributed by atoms with E-state index in [1.54, 1.807) is 4.68 Å². The number of aliphatic carboxylic acids is 1. The van der Waals surface area contributed by atoms with Crippen LogP contribution in [0.2, 0.25) is 0 Å². The van der Waals surface area contributed by atoms with E-state index >= 15 is 0 Å². The molecule has 1 amide bonds. The molecule has 5 heteroatoms. The molecule has 20 heavy (non-hydrogen) atoms. The topological polar surface area (TPSA) is 71.3 Å². The van der Waals surface area contributed by atoms with Gasteiger partial charge < -0.3 is 5.11 Å². The number of carbonyl (C=O) groups is 2. The fourth-order valence-electron chi connectivity index (χ4n) is 3.01. The molecule has 2 N–H and O–H groups in total. The van der Waals surface area contributed by atoms with Gasteiger partial charge in [0.05, 0.1) is 5.41 Å². The molecule has 2 rings (SSSR count). The molecule has 0 spiro atoms. The van der Waals surface area contributed by atoms with Crippen molar-refractivity contribution >= 4 is 11.9 Å². The highest BCUT2D eigenvalue weighted by atomic mass is 16.4. The molecular formula is C15H22N2O3. The Hall–Kier alpha value is -1.78. The van der Waals surface area contributed by atoms with Crippen LogP contribution in [0, 0.1) is 19.3 Å². The molecular weight excluding hydrogens is 256 g/mol. The van der Waals surface area contributed by atoms with Crippen LogP contribution in [0.25, 0.3) is 0 Å². The summed E-state index contributed by atoms with van der Waals surface area (Å²) in [5.74, 6) is -1.06. The number of amides is 1. The van der Waals surface area contributed by atoms with Gasteiger partial charge in [-0.1, -0.05) is 19.3 Å². The summed E-state index contributed by atoms with van der Waals surface area (Å²) >= 11 is 0. The van der Waals surface area contributed by atoms with Crippen LogP contribution in [-0.2, 0) is 9.59 Å². The number of hydrogen-bond acceptors (Lipinski definition) is 2. The molecule has 0 aromatic carbocycles. The molecule has 1 heterocycles. The van der Waals surface area contributed by atoms with Crippen LogP contribution in [0.1, 0.15) is 49.9 Å². The molecule has 1 aromatic rings. The van der Waals surface area contributed by atoms with E-state index in [1.165, 1.54) is 0 Å². The Morgan fingerprint density at radius 1 is 1.20 bits per heavy atom. The number of carbonyl (C=O) groups excluding carboxylic acids is 1. The van der Waals surface area contributed by atoms with Crippen molar-refractivity contribution in [1.82, 2.24) is 4.68 Å². The van der Waals surface area contributed by atoms with Gasteiger partial charge in [0.2, 0.25) is 5.91 Å². The van der Waals surface area contributed by atoms with Gasteiger partial charge in [-0.05, 0) is 38.8 Å². The molecule has 1 aromatic heterocycles. The minimum atomic E-state index is -0.878. The minimum absolute atomic E-state index is 0.0550. The van der Waals surface area contributed by atoms with Gasteiger partial charge in [-0.25, -0.2) is 0 Å². The van der Waals surface area contributed by atoms with Crippen LogP contribution >= 0.6 is 0 Å². The van der Waals surface area contributed by atoms with Crippen LogP contribution in [0.4, 0.5) is 0 Å². The zero-order valence-electron chi connectivity index (χ0n) is 12.1. The molecule has 1 saturated carbocycles. The Kier molecular flexibility index (Phi) is 4.16. The van der Waals surface area contributed by atoms with Gasteiger partial charge in [-0.2, -0.15) is 0 Å². The van der Waals surface area contributed by atoms with Gasteiger partial charge >= 0.3 is 5.97 Å². The van der Waals surface area contributed by atoms with Crippen LogP contribution in [0.3, 0.4) is 0 Å². The Labute approximate surface area is 118 Å². The SMILES string of the molecule is Cc1ccc(C)n1NC(=O)CC1(C(=O)O)CCCCC1. The second kappa shape index (κ2) is 5.69.